The number of nitrogens with two attached hydrogens (primary N) is 1. The third kappa shape index (κ3) is 2.09. The van der Waals surface area contributed by atoms with E-state index in [0.717, 1.165) is 12.8 Å². The van der Waals surface area contributed by atoms with E-state index in [1.54, 1.807) is 11.3 Å². The second kappa shape index (κ2) is 5.26. The molecule has 2 aromatic carbocycles. The molecule has 2 atom stereocenters. The molecular formula is C18H18N2S. The first-order valence-electron chi connectivity index (χ1n) is 7.38. The highest BCUT2D eigenvalue weighted by Crippen LogP contribution is 2.43. The van der Waals surface area contributed by atoms with Crippen molar-refractivity contribution in [1.29, 1.82) is 0 Å². The first kappa shape index (κ1) is 13.0. The third-order valence-electron chi connectivity index (χ3n) is 4.61. The normalized spacial score (nSPS) is 18.8. The molecule has 3 heteroatoms. The minimum atomic E-state index is 0.177. The monoisotopic (exact) mass is 294 g/mol. The summed E-state index contributed by atoms with van der Waals surface area (Å²) in [6.07, 6.45) is 2.31. The van der Waals surface area contributed by atoms with Gasteiger partial charge in [0.2, 0.25) is 0 Å². The van der Waals surface area contributed by atoms with Crippen LogP contribution in [0.1, 0.15) is 35.1 Å². The number of benzene rings is 2. The Hall–Kier alpha value is -1.68. The number of nitrogens with one attached hydrogen (secondary N) is 1. The van der Waals surface area contributed by atoms with Crippen LogP contribution in [0.2, 0.25) is 0 Å². The highest BCUT2D eigenvalue weighted by Gasteiger charge is 2.30. The van der Waals surface area contributed by atoms with Gasteiger partial charge in [0.1, 0.15) is 0 Å². The zero-order valence-corrected chi connectivity index (χ0v) is 12.6. The van der Waals surface area contributed by atoms with Crippen molar-refractivity contribution in [3.05, 3.63) is 70.6 Å². The quantitative estimate of drug-likeness (QED) is 0.563. The maximum atomic E-state index is 5.96. The van der Waals surface area contributed by atoms with E-state index < -0.39 is 0 Å². The molecule has 1 aliphatic rings. The number of hydrogen-bond acceptors (Lipinski definition) is 3. The second-order valence-electron chi connectivity index (χ2n) is 5.67. The summed E-state index contributed by atoms with van der Waals surface area (Å²) in [6, 6.07) is 17.6. The summed E-state index contributed by atoms with van der Waals surface area (Å²) < 4.78 is 1.35. The number of aryl methyl sites for hydroxylation is 1. The molecular weight excluding hydrogens is 276 g/mol. The van der Waals surface area contributed by atoms with Gasteiger partial charge < -0.3 is 0 Å². The maximum absolute atomic E-state index is 5.96. The molecule has 1 aromatic heterocycles. The van der Waals surface area contributed by atoms with Crippen molar-refractivity contribution in [2.24, 2.45) is 5.84 Å². The SMILES string of the molecule is NNC(c1cccc2ccsc12)C1CCc2ccccc21. The lowest BCUT2D eigenvalue weighted by Gasteiger charge is -2.24. The van der Waals surface area contributed by atoms with Crippen molar-refractivity contribution in [2.75, 3.05) is 0 Å². The zero-order chi connectivity index (χ0) is 14.2. The minimum absolute atomic E-state index is 0.177. The molecule has 0 radical (unpaired) electrons. The van der Waals surface area contributed by atoms with E-state index in [4.69, 9.17) is 5.84 Å². The van der Waals surface area contributed by atoms with Gasteiger partial charge in [-0.25, -0.2) is 0 Å². The summed E-state index contributed by atoms with van der Waals surface area (Å²) in [5.41, 5.74) is 7.34. The first-order valence-corrected chi connectivity index (χ1v) is 8.26. The molecule has 0 bridgehead atoms. The molecule has 1 aliphatic carbocycles. The van der Waals surface area contributed by atoms with Crippen LogP contribution in [0.4, 0.5) is 0 Å². The fourth-order valence-corrected chi connectivity index (χ4v) is 4.57. The average Bonchev–Trinajstić information content (AvgIpc) is 3.15. The van der Waals surface area contributed by atoms with Crippen LogP contribution in [-0.4, -0.2) is 0 Å². The Balaban J connectivity index is 1.81. The van der Waals surface area contributed by atoms with Crippen LogP contribution < -0.4 is 11.3 Å². The van der Waals surface area contributed by atoms with E-state index in [2.05, 4.69) is 59.3 Å². The Morgan fingerprint density at radius 3 is 2.90 bits per heavy atom. The first-order chi connectivity index (χ1) is 10.4. The molecule has 0 saturated heterocycles. The van der Waals surface area contributed by atoms with Gasteiger partial charge in [-0.05, 0) is 46.4 Å². The van der Waals surface area contributed by atoms with Crippen LogP contribution in [0.5, 0.6) is 0 Å². The fraction of sp³-hybridized carbons (Fsp3) is 0.222. The van der Waals surface area contributed by atoms with Gasteiger partial charge in [0, 0.05) is 10.6 Å². The summed E-state index contributed by atoms with van der Waals surface area (Å²) in [4.78, 5) is 0. The molecule has 0 amide bonds. The molecule has 21 heavy (non-hydrogen) atoms. The van der Waals surface area contributed by atoms with Crippen molar-refractivity contribution in [3.8, 4) is 0 Å². The summed E-state index contributed by atoms with van der Waals surface area (Å²) in [5, 5.41) is 3.47. The third-order valence-corrected chi connectivity index (χ3v) is 5.58. The average molecular weight is 294 g/mol. The van der Waals surface area contributed by atoms with Gasteiger partial charge in [0.25, 0.3) is 0 Å². The van der Waals surface area contributed by atoms with E-state index in [-0.39, 0.29) is 6.04 Å². The van der Waals surface area contributed by atoms with Crippen molar-refractivity contribution in [2.45, 2.75) is 24.8 Å². The van der Waals surface area contributed by atoms with Crippen LogP contribution >= 0.6 is 11.3 Å². The van der Waals surface area contributed by atoms with Crippen LogP contribution in [-0.2, 0) is 6.42 Å². The van der Waals surface area contributed by atoms with Crippen molar-refractivity contribution in [1.82, 2.24) is 5.43 Å². The molecule has 4 rings (SSSR count). The Morgan fingerprint density at radius 2 is 2.00 bits per heavy atom. The number of fused-ring (bicyclic) bond motifs is 2. The predicted octanol–water partition coefficient (Wildman–Crippen LogP) is 4.14. The number of hydrazine groups is 1. The summed E-state index contributed by atoms with van der Waals surface area (Å²) in [5.74, 6) is 6.41. The topological polar surface area (TPSA) is 38.0 Å². The molecule has 3 N–H and O–H groups in total. The van der Waals surface area contributed by atoms with Gasteiger partial charge in [-0.2, -0.15) is 0 Å². The van der Waals surface area contributed by atoms with Crippen molar-refractivity contribution < 1.29 is 0 Å². The van der Waals surface area contributed by atoms with Crippen molar-refractivity contribution >= 4 is 21.4 Å². The van der Waals surface area contributed by atoms with Gasteiger partial charge in [0.15, 0.2) is 0 Å². The van der Waals surface area contributed by atoms with Crippen LogP contribution in [0, 0.1) is 0 Å². The number of rotatable bonds is 3. The Morgan fingerprint density at radius 1 is 1.10 bits per heavy atom. The highest BCUT2D eigenvalue weighted by atomic mass is 32.1. The standard InChI is InChI=1S/C18H18N2S/c19-20-17(15-9-8-12-4-1-2-6-14(12)15)16-7-3-5-13-10-11-21-18(13)16/h1-7,10-11,15,17,20H,8-9,19H2. The maximum Gasteiger partial charge on any atom is 0.0542 e. The smallest absolute Gasteiger partial charge is 0.0542 e. The van der Waals surface area contributed by atoms with Gasteiger partial charge in [-0.3, -0.25) is 11.3 Å². The lowest BCUT2D eigenvalue weighted by Crippen LogP contribution is -2.32. The predicted molar refractivity (Wildman–Crippen MR) is 89.4 cm³/mol. The van der Waals surface area contributed by atoms with Crippen molar-refractivity contribution in [3.63, 3.8) is 0 Å². The van der Waals surface area contributed by atoms with Gasteiger partial charge in [-0.1, -0.05) is 42.5 Å². The van der Waals surface area contributed by atoms with Crippen LogP contribution in [0.15, 0.2) is 53.9 Å². The molecule has 1 heterocycles. The van der Waals surface area contributed by atoms with Gasteiger partial charge in [-0.15, -0.1) is 11.3 Å². The van der Waals surface area contributed by atoms with Crippen LogP contribution in [0.3, 0.4) is 0 Å². The summed E-state index contributed by atoms with van der Waals surface area (Å²) in [6.45, 7) is 0. The number of thiophene rings is 1. The number of hydrogen-bond donors (Lipinski definition) is 2. The highest BCUT2D eigenvalue weighted by molar-refractivity contribution is 7.17. The lowest BCUT2D eigenvalue weighted by molar-refractivity contribution is 0.456. The molecule has 0 aliphatic heterocycles. The van der Waals surface area contributed by atoms with Gasteiger partial charge >= 0.3 is 0 Å². The lowest BCUT2D eigenvalue weighted by atomic mass is 9.88. The zero-order valence-electron chi connectivity index (χ0n) is 11.8. The second-order valence-corrected chi connectivity index (χ2v) is 6.59. The van der Waals surface area contributed by atoms with Gasteiger partial charge in [0.05, 0.1) is 6.04 Å². The molecule has 0 fully saturated rings. The molecule has 0 saturated carbocycles. The molecule has 3 aromatic rings. The molecule has 2 unspecified atom stereocenters. The Labute approximate surface area is 128 Å². The largest absolute Gasteiger partial charge is 0.271 e. The van der Waals surface area contributed by atoms with E-state index in [1.165, 1.54) is 26.8 Å². The molecule has 0 spiro atoms. The molecule has 2 nitrogen and oxygen atoms in total. The Kier molecular flexibility index (Phi) is 3.26. The molecule has 106 valence electrons. The summed E-state index contributed by atoms with van der Waals surface area (Å²) >= 11 is 1.80. The Bertz CT molecular complexity index is 777. The fourth-order valence-electron chi connectivity index (χ4n) is 3.62. The van der Waals surface area contributed by atoms with E-state index in [1.807, 2.05) is 0 Å². The van der Waals surface area contributed by atoms with E-state index >= 15 is 0 Å². The minimum Gasteiger partial charge on any atom is -0.271 e. The van der Waals surface area contributed by atoms with E-state index in [9.17, 15) is 0 Å². The van der Waals surface area contributed by atoms with Crippen LogP contribution in [0.25, 0.3) is 10.1 Å². The summed E-state index contributed by atoms with van der Waals surface area (Å²) in [7, 11) is 0. The van der Waals surface area contributed by atoms with E-state index in [0.29, 0.717) is 5.92 Å².